The lowest BCUT2D eigenvalue weighted by atomic mass is 9.51. The van der Waals surface area contributed by atoms with Crippen LogP contribution in [0.2, 0.25) is 0 Å². The molecule has 22 heavy (non-hydrogen) atoms. The summed E-state index contributed by atoms with van der Waals surface area (Å²) in [6, 6.07) is 20.3. The number of benzene rings is 2. The topological polar surface area (TPSA) is 0 Å². The lowest BCUT2D eigenvalue weighted by Gasteiger charge is -2.54. The van der Waals surface area contributed by atoms with E-state index in [2.05, 4.69) is 54.6 Å². The van der Waals surface area contributed by atoms with Crippen molar-refractivity contribution in [3.8, 4) is 11.1 Å². The summed E-state index contributed by atoms with van der Waals surface area (Å²) in [5.41, 5.74) is 4.31. The van der Waals surface area contributed by atoms with Crippen molar-refractivity contribution in [2.75, 3.05) is 0 Å². The number of rotatable bonds is 2. The molecule has 0 spiro atoms. The third kappa shape index (κ3) is 2.04. The second kappa shape index (κ2) is 4.98. The first-order chi connectivity index (χ1) is 10.9. The van der Waals surface area contributed by atoms with Gasteiger partial charge in [-0.25, -0.2) is 0 Å². The molecule has 0 nitrogen and oxygen atoms in total. The molecule has 0 radical (unpaired) electrons. The summed E-state index contributed by atoms with van der Waals surface area (Å²) in [6.07, 6.45) is 7.60. The highest BCUT2D eigenvalue weighted by Gasteiger charge is 2.48. The molecule has 0 N–H and O–H groups in total. The summed E-state index contributed by atoms with van der Waals surface area (Å²) in [5, 5.41) is 0. The average molecular weight is 288 g/mol. The molecular weight excluding hydrogens is 264 g/mol. The van der Waals surface area contributed by atoms with Crippen LogP contribution in [0.15, 0.2) is 54.6 Å². The van der Waals surface area contributed by atoms with Crippen molar-refractivity contribution in [1.29, 1.82) is 0 Å². The molecule has 4 saturated carbocycles. The van der Waals surface area contributed by atoms with Gasteiger partial charge in [0.05, 0.1) is 0 Å². The van der Waals surface area contributed by atoms with Gasteiger partial charge in [0.25, 0.3) is 0 Å². The molecule has 112 valence electrons. The van der Waals surface area contributed by atoms with Crippen molar-refractivity contribution in [3.63, 3.8) is 0 Å². The first-order valence-corrected chi connectivity index (χ1v) is 9.02. The molecule has 0 amide bonds. The molecule has 6 rings (SSSR count). The van der Waals surface area contributed by atoms with Gasteiger partial charge in [-0.3, -0.25) is 0 Å². The van der Waals surface area contributed by atoms with Gasteiger partial charge < -0.3 is 0 Å². The summed E-state index contributed by atoms with van der Waals surface area (Å²) in [5.74, 6) is 4.97. The van der Waals surface area contributed by atoms with E-state index in [9.17, 15) is 0 Å². The smallest absolute Gasteiger partial charge is 0.0105 e. The van der Waals surface area contributed by atoms with Gasteiger partial charge in [-0.1, -0.05) is 54.6 Å². The van der Waals surface area contributed by atoms with Crippen molar-refractivity contribution in [1.82, 2.24) is 0 Å². The summed E-state index contributed by atoms with van der Waals surface area (Å²) in [7, 11) is 0. The monoisotopic (exact) mass is 288 g/mol. The maximum Gasteiger partial charge on any atom is -0.0105 e. The Bertz CT molecular complexity index is 624. The Kier molecular flexibility index (Phi) is 2.93. The fourth-order valence-electron chi connectivity index (χ4n) is 6.00. The van der Waals surface area contributed by atoms with Crippen LogP contribution in [0, 0.1) is 23.7 Å². The molecule has 4 aliphatic carbocycles. The Balaban J connectivity index is 1.44. The van der Waals surface area contributed by atoms with Gasteiger partial charge in [-0.15, -0.1) is 0 Å². The average Bonchev–Trinajstić information content (AvgIpc) is 2.55. The zero-order valence-electron chi connectivity index (χ0n) is 13.1. The van der Waals surface area contributed by atoms with Gasteiger partial charge >= 0.3 is 0 Å². The Hall–Kier alpha value is -1.56. The van der Waals surface area contributed by atoms with Crippen molar-refractivity contribution in [2.24, 2.45) is 23.7 Å². The van der Waals surface area contributed by atoms with Gasteiger partial charge in [0.1, 0.15) is 0 Å². The van der Waals surface area contributed by atoms with E-state index in [1.54, 1.807) is 12.0 Å². The Labute approximate surface area is 133 Å². The zero-order chi connectivity index (χ0) is 14.5. The predicted molar refractivity (Wildman–Crippen MR) is 91.7 cm³/mol. The van der Waals surface area contributed by atoms with Crippen LogP contribution in [0.4, 0.5) is 0 Å². The predicted octanol–water partition coefficient (Wildman–Crippen LogP) is 5.89. The standard InChI is InChI=1S/C22H24/c1-2-4-17(5-3-1)18-6-8-19(9-7-18)22-20-11-15-10-16(13-20)14-21(22)12-15/h1-9,15-16,20-22H,10-14H2. The van der Waals surface area contributed by atoms with Crippen LogP contribution in [0.5, 0.6) is 0 Å². The maximum atomic E-state index is 2.43. The fraction of sp³-hybridized carbons (Fsp3) is 0.455. The van der Waals surface area contributed by atoms with E-state index in [1.807, 2.05) is 0 Å². The molecule has 0 aromatic heterocycles. The van der Waals surface area contributed by atoms with Gasteiger partial charge in [-0.05, 0) is 78.4 Å². The molecule has 4 bridgehead atoms. The fourth-order valence-corrected chi connectivity index (χ4v) is 6.00. The van der Waals surface area contributed by atoms with Crippen LogP contribution in [0.25, 0.3) is 11.1 Å². The SMILES string of the molecule is c1ccc(-c2ccc(C3C4CC5CC(C4)CC3C5)cc2)cc1. The summed E-state index contributed by atoms with van der Waals surface area (Å²) in [6.45, 7) is 0. The third-order valence-corrected chi connectivity index (χ3v) is 6.63. The van der Waals surface area contributed by atoms with Crippen LogP contribution in [0.3, 0.4) is 0 Å². The van der Waals surface area contributed by atoms with Crippen molar-refractivity contribution in [2.45, 2.75) is 38.0 Å². The molecule has 2 aromatic carbocycles. The van der Waals surface area contributed by atoms with E-state index in [0.717, 1.165) is 29.6 Å². The Morgan fingerprint density at radius 1 is 0.545 bits per heavy atom. The van der Waals surface area contributed by atoms with Gasteiger partial charge in [0.15, 0.2) is 0 Å². The Morgan fingerprint density at radius 3 is 1.68 bits per heavy atom. The first-order valence-electron chi connectivity index (χ1n) is 9.02. The highest BCUT2D eigenvalue weighted by molar-refractivity contribution is 5.63. The van der Waals surface area contributed by atoms with E-state index in [0.29, 0.717) is 0 Å². The number of hydrogen-bond acceptors (Lipinski definition) is 0. The first kappa shape index (κ1) is 12.9. The number of hydrogen-bond donors (Lipinski definition) is 0. The van der Waals surface area contributed by atoms with Crippen LogP contribution in [-0.4, -0.2) is 0 Å². The van der Waals surface area contributed by atoms with Crippen LogP contribution >= 0.6 is 0 Å². The summed E-state index contributed by atoms with van der Waals surface area (Å²) >= 11 is 0. The normalized spacial score (nSPS) is 35.7. The molecule has 4 aliphatic rings. The molecular formula is C22H24. The minimum atomic E-state index is 0.859. The maximum absolute atomic E-state index is 2.43. The minimum absolute atomic E-state index is 0.859. The summed E-state index contributed by atoms with van der Waals surface area (Å²) in [4.78, 5) is 0. The van der Waals surface area contributed by atoms with Crippen molar-refractivity contribution >= 4 is 0 Å². The lowest BCUT2D eigenvalue weighted by Crippen LogP contribution is -2.43. The quantitative estimate of drug-likeness (QED) is 0.646. The second-order valence-corrected chi connectivity index (χ2v) is 7.94. The third-order valence-electron chi connectivity index (χ3n) is 6.63. The highest BCUT2D eigenvalue weighted by atomic mass is 14.5. The molecule has 0 heterocycles. The molecule has 0 saturated heterocycles. The van der Waals surface area contributed by atoms with E-state index < -0.39 is 0 Å². The minimum Gasteiger partial charge on any atom is -0.0622 e. The largest absolute Gasteiger partial charge is 0.0622 e. The molecule has 0 atom stereocenters. The summed E-state index contributed by atoms with van der Waals surface area (Å²) < 4.78 is 0. The lowest BCUT2D eigenvalue weighted by molar-refractivity contribution is -0.00277. The molecule has 0 unspecified atom stereocenters. The van der Waals surface area contributed by atoms with Gasteiger partial charge in [0.2, 0.25) is 0 Å². The molecule has 0 aliphatic heterocycles. The molecule has 0 heteroatoms. The molecule has 4 fully saturated rings. The van der Waals surface area contributed by atoms with Gasteiger partial charge in [0, 0.05) is 0 Å². The van der Waals surface area contributed by atoms with Crippen molar-refractivity contribution < 1.29 is 0 Å². The van der Waals surface area contributed by atoms with E-state index in [-0.39, 0.29) is 0 Å². The van der Waals surface area contributed by atoms with Crippen LogP contribution in [0.1, 0.15) is 43.6 Å². The van der Waals surface area contributed by atoms with E-state index in [1.165, 1.54) is 36.8 Å². The van der Waals surface area contributed by atoms with Crippen LogP contribution in [-0.2, 0) is 0 Å². The Morgan fingerprint density at radius 2 is 1.09 bits per heavy atom. The molecule has 2 aromatic rings. The van der Waals surface area contributed by atoms with Crippen molar-refractivity contribution in [3.05, 3.63) is 60.2 Å². The van der Waals surface area contributed by atoms with Gasteiger partial charge in [-0.2, -0.15) is 0 Å². The van der Waals surface area contributed by atoms with Crippen LogP contribution < -0.4 is 0 Å². The zero-order valence-corrected chi connectivity index (χ0v) is 13.1. The highest BCUT2D eigenvalue weighted by Crippen LogP contribution is 2.59. The van der Waals surface area contributed by atoms with E-state index in [4.69, 9.17) is 0 Å². The second-order valence-electron chi connectivity index (χ2n) is 7.94. The van der Waals surface area contributed by atoms with E-state index >= 15 is 0 Å².